The number of benzene rings is 2. The van der Waals surface area contributed by atoms with E-state index in [1.54, 1.807) is 17.8 Å². The Balaban J connectivity index is 1.82. The Hall–Kier alpha value is -1.60. The van der Waals surface area contributed by atoms with E-state index in [2.05, 4.69) is 17.9 Å². The van der Waals surface area contributed by atoms with Crippen LogP contribution in [-0.2, 0) is 12.6 Å². The molecule has 2 aromatic rings. The van der Waals surface area contributed by atoms with Crippen LogP contribution in [0.3, 0.4) is 0 Å². The first-order valence-corrected chi connectivity index (χ1v) is 8.75. The molecule has 1 N–H and O–H groups in total. The Morgan fingerprint density at radius 2 is 1.96 bits per heavy atom. The normalized spacial score (nSPS) is 14.2. The number of hydrogen-bond donors (Lipinski definition) is 2. The molecular weight excluding hydrogens is 355 g/mol. The Morgan fingerprint density at radius 3 is 2.71 bits per heavy atom. The van der Waals surface area contributed by atoms with Crippen LogP contribution >= 0.6 is 24.4 Å². The van der Waals surface area contributed by atoms with E-state index in [1.807, 2.05) is 12.1 Å². The average molecular weight is 369 g/mol. The highest BCUT2D eigenvalue weighted by atomic mass is 32.2. The summed E-state index contributed by atoms with van der Waals surface area (Å²) < 4.78 is 38.7. The summed E-state index contributed by atoms with van der Waals surface area (Å²) in [5.74, 6) is 0.642. The summed E-state index contributed by atoms with van der Waals surface area (Å²) in [7, 11) is 0. The number of fused-ring (bicyclic) bond motifs is 1. The first-order chi connectivity index (χ1) is 11.3. The molecule has 1 aliphatic heterocycles. The molecule has 0 saturated heterocycles. The van der Waals surface area contributed by atoms with Gasteiger partial charge < -0.3 is 5.32 Å². The molecular formula is C17H14F3NOS2. The molecule has 3 rings (SSSR count). The van der Waals surface area contributed by atoms with Crippen LogP contribution in [0.1, 0.15) is 27.9 Å². The fourth-order valence-corrected chi connectivity index (χ4v) is 3.83. The lowest BCUT2D eigenvalue weighted by molar-refractivity contribution is -0.139. The Kier molecular flexibility index (Phi) is 4.83. The third-order valence-corrected chi connectivity index (χ3v) is 5.32. The standard InChI is InChI=1S/C17H14F3NOS2/c18-17(19,20)13-9-12(4-5-14(13)23)21-16(22)11-3-6-15-10(8-11)2-1-7-24-15/h3-6,8-9,23H,1-2,7H2,(H,21,22). The second-order valence-electron chi connectivity index (χ2n) is 5.46. The molecule has 0 fully saturated rings. The lowest BCUT2D eigenvalue weighted by Crippen LogP contribution is -2.14. The Morgan fingerprint density at radius 1 is 1.17 bits per heavy atom. The van der Waals surface area contributed by atoms with Crippen molar-refractivity contribution < 1.29 is 18.0 Å². The maximum Gasteiger partial charge on any atom is 0.417 e. The molecule has 0 aromatic heterocycles. The van der Waals surface area contributed by atoms with Crippen LogP contribution in [0.2, 0.25) is 0 Å². The Labute approximate surface area is 147 Å². The Bertz CT molecular complexity index is 790. The molecule has 0 atom stereocenters. The molecule has 1 amide bonds. The van der Waals surface area contributed by atoms with Crippen molar-refractivity contribution >= 4 is 36.0 Å². The monoisotopic (exact) mass is 369 g/mol. The first-order valence-electron chi connectivity index (χ1n) is 7.32. The van der Waals surface area contributed by atoms with E-state index in [0.29, 0.717) is 5.56 Å². The fraction of sp³-hybridized carbons (Fsp3) is 0.235. The number of halogens is 3. The van der Waals surface area contributed by atoms with Gasteiger partial charge in [0.25, 0.3) is 5.91 Å². The largest absolute Gasteiger partial charge is 0.417 e. The highest BCUT2D eigenvalue weighted by molar-refractivity contribution is 7.99. The van der Waals surface area contributed by atoms with Gasteiger partial charge in [-0.3, -0.25) is 4.79 Å². The van der Waals surface area contributed by atoms with E-state index in [9.17, 15) is 18.0 Å². The molecule has 1 aliphatic rings. The van der Waals surface area contributed by atoms with Crippen molar-refractivity contribution in [1.82, 2.24) is 0 Å². The van der Waals surface area contributed by atoms with Crippen molar-refractivity contribution in [3.05, 3.63) is 53.1 Å². The molecule has 0 radical (unpaired) electrons. The van der Waals surface area contributed by atoms with E-state index in [0.717, 1.165) is 35.1 Å². The topological polar surface area (TPSA) is 29.1 Å². The van der Waals surface area contributed by atoms with Gasteiger partial charge in [-0.25, -0.2) is 0 Å². The predicted molar refractivity (Wildman–Crippen MR) is 92.1 cm³/mol. The number of aryl methyl sites for hydroxylation is 1. The van der Waals surface area contributed by atoms with Gasteiger partial charge in [0.1, 0.15) is 0 Å². The average Bonchev–Trinajstić information content (AvgIpc) is 2.55. The van der Waals surface area contributed by atoms with Crippen LogP contribution in [0.4, 0.5) is 18.9 Å². The maximum absolute atomic E-state index is 12.9. The molecule has 0 spiro atoms. The van der Waals surface area contributed by atoms with E-state index >= 15 is 0 Å². The van der Waals surface area contributed by atoms with Crippen molar-refractivity contribution in [1.29, 1.82) is 0 Å². The second kappa shape index (κ2) is 6.72. The van der Waals surface area contributed by atoms with E-state index in [-0.39, 0.29) is 10.6 Å². The van der Waals surface area contributed by atoms with Crippen LogP contribution in [0.5, 0.6) is 0 Å². The number of thiol groups is 1. The summed E-state index contributed by atoms with van der Waals surface area (Å²) in [6.45, 7) is 0. The number of amides is 1. The van der Waals surface area contributed by atoms with Gasteiger partial charge in [0, 0.05) is 21.0 Å². The summed E-state index contributed by atoms with van der Waals surface area (Å²) in [6, 6.07) is 8.94. The minimum atomic E-state index is -4.51. The van der Waals surface area contributed by atoms with Crippen molar-refractivity contribution in [2.24, 2.45) is 0 Å². The zero-order valence-corrected chi connectivity index (χ0v) is 14.2. The zero-order valence-electron chi connectivity index (χ0n) is 12.5. The predicted octanol–water partition coefficient (Wildman–Crippen LogP) is 5.28. The number of hydrogen-bond acceptors (Lipinski definition) is 3. The molecule has 0 unspecified atom stereocenters. The zero-order chi connectivity index (χ0) is 17.3. The highest BCUT2D eigenvalue weighted by Gasteiger charge is 2.33. The van der Waals surface area contributed by atoms with E-state index in [4.69, 9.17) is 0 Å². The minimum Gasteiger partial charge on any atom is -0.322 e. The van der Waals surface area contributed by atoms with E-state index < -0.39 is 17.6 Å². The van der Waals surface area contributed by atoms with Gasteiger partial charge in [-0.2, -0.15) is 13.2 Å². The van der Waals surface area contributed by atoms with Gasteiger partial charge in [0.05, 0.1) is 5.56 Å². The van der Waals surface area contributed by atoms with Crippen LogP contribution in [0, 0.1) is 0 Å². The van der Waals surface area contributed by atoms with Crippen molar-refractivity contribution in [3.8, 4) is 0 Å². The second-order valence-corrected chi connectivity index (χ2v) is 7.08. The van der Waals surface area contributed by atoms with Crippen LogP contribution in [-0.4, -0.2) is 11.7 Å². The smallest absolute Gasteiger partial charge is 0.322 e. The van der Waals surface area contributed by atoms with E-state index in [1.165, 1.54) is 12.1 Å². The number of rotatable bonds is 2. The third-order valence-electron chi connectivity index (χ3n) is 3.73. The molecule has 0 saturated carbocycles. The number of thioether (sulfide) groups is 1. The summed E-state index contributed by atoms with van der Waals surface area (Å²) >= 11 is 5.57. The molecule has 7 heteroatoms. The minimum absolute atomic E-state index is 0.0946. The third kappa shape index (κ3) is 3.72. The van der Waals surface area contributed by atoms with Gasteiger partial charge in [-0.05, 0) is 60.6 Å². The number of carbonyl (C=O) groups is 1. The molecule has 2 aromatic carbocycles. The molecule has 24 heavy (non-hydrogen) atoms. The number of anilines is 1. The molecule has 1 heterocycles. The van der Waals surface area contributed by atoms with Gasteiger partial charge >= 0.3 is 6.18 Å². The van der Waals surface area contributed by atoms with Crippen molar-refractivity contribution in [2.75, 3.05) is 11.1 Å². The summed E-state index contributed by atoms with van der Waals surface area (Å²) in [4.78, 5) is 13.3. The summed E-state index contributed by atoms with van der Waals surface area (Å²) in [5.41, 5.74) is 0.781. The SMILES string of the molecule is O=C(Nc1ccc(S)c(C(F)(F)F)c1)c1ccc2c(c1)CCCS2. The lowest BCUT2D eigenvalue weighted by Gasteiger charge is -2.16. The van der Waals surface area contributed by atoms with Crippen molar-refractivity contribution in [3.63, 3.8) is 0 Å². The first kappa shape index (κ1) is 17.2. The number of nitrogens with one attached hydrogen (secondary N) is 1. The van der Waals surface area contributed by atoms with Gasteiger partial charge in [0.2, 0.25) is 0 Å². The van der Waals surface area contributed by atoms with Crippen molar-refractivity contribution in [2.45, 2.75) is 28.8 Å². The summed E-state index contributed by atoms with van der Waals surface area (Å²) in [5, 5.41) is 2.53. The lowest BCUT2D eigenvalue weighted by atomic mass is 10.1. The van der Waals surface area contributed by atoms with Gasteiger partial charge in [-0.1, -0.05) is 0 Å². The molecule has 0 aliphatic carbocycles. The van der Waals surface area contributed by atoms with Crippen LogP contribution in [0.15, 0.2) is 46.2 Å². The quantitative estimate of drug-likeness (QED) is 0.705. The summed E-state index contributed by atoms with van der Waals surface area (Å²) in [6.07, 6.45) is -2.54. The highest BCUT2D eigenvalue weighted by Crippen LogP contribution is 2.35. The number of carbonyl (C=O) groups excluding carboxylic acids is 1. The maximum atomic E-state index is 12.9. The molecule has 0 bridgehead atoms. The van der Waals surface area contributed by atoms with Crippen LogP contribution < -0.4 is 5.32 Å². The molecule has 2 nitrogen and oxygen atoms in total. The molecule has 126 valence electrons. The fourth-order valence-electron chi connectivity index (χ4n) is 2.55. The number of alkyl halides is 3. The van der Waals surface area contributed by atoms with Gasteiger partial charge in [0.15, 0.2) is 0 Å². The van der Waals surface area contributed by atoms with Crippen LogP contribution in [0.25, 0.3) is 0 Å². The van der Waals surface area contributed by atoms with Gasteiger partial charge in [-0.15, -0.1) is 24.4 Å².